The van der Waals surface area contributed by atoms with E-state index in [2.05, 4.69) is 5.32 Å². The van der Waals surface area contributed by atoms with E-state index in [1.807, 2.05) is 30.3 Å². The van der Waals surface area contributed by atoms with E-state index < -0.39 is 0 Å². The van der Waals surface area contributed by atoms with Gasteiger partial charge in [0.25, 0.3) is 0 Å². The molecule has 84 valence electrons. The van der Waals surface area contributed by atoms with Crippen LogP contribution in [-0.2, 0) is 9.59 Å². The second kappa shape index (κ2) is 4.47. The average molecular weight is 217 g/mol. The van der Waals surface area contributed by atoms with Crippen molar-refractivity contribution in [1.82, 2.24) is 5.32 Å². The molecule has 1 aliphatic heterocycles. The minimum absolute atomic E-state index is 0.0337. The van der Waals surface area contributed by atoms with Crippen molar-refractivity contribution in [2.45, 2.75) is 25.8 Å². The Kier molecular flexibility index (Phi) is 3.04. The molecule has 0 spiro atoms. The summed E-state index contributed by atoms with van der Waals surface area (Å²) in [5.41, 5.74) is 1.01. The molecule has 0 bridgehead atoms. The van der Waals surface area contributed by atoms with Gasteiger partial charge in [0.05, 0.1) is 6.04 Å². The van der Waals surface area contributed by atoms with E-state index >= 15 is 0 Å². The summed E-state index contributed by atoms with van der Waals surface area (Å²) in [7, 11) is 0. The highest BCUT2D eigenvalue weighted by molar-refractivity contribution is 5.84. The monoisotopic (exact) mass is 217 g/mol. The maximum atomic E-state index is 11.5. The highest BCUT2D eigenvalue weighted by Crippen LogP contribution is 2.30. The number of amides is 1. The molecular weight excluding hydrogens is 202 g/mol. The molecule has 0 saturated carbocycles. The summed E-state index contributed by atoms with van der Waals surface area (Å²) in [6.07, 6.45) is 1.11. The molecule has 0 radical (unpaired) electrons. The standard InChI is InChI=1S/C13H15NO2/c1-9(15)11-7-8-12(16)14-13(11)10-5-3-2-4-6-10/h2-6,11,13H,7-8H2,1H3,(H,14,16)/t11?,13-/m0/s1. The molecule has 2 rings (SSSR count). The Morgan fingerprint density at radius 1 is 1.31 bits per heavy atom. The summed E-state index contributed by atoms with van der Waals surface area (Å²) in [5.74, 6) is 0.0975. The number of hydrogen-bond donors (Lipinski definition) is 1. The predicted molar refractivity (Wildman–Crippen MR) is 60.7 cm³/mol. The quantitative estimate of drug-likeness (QED) is 0.821. The van der Waals surface area contributed by atoms with E-state index in [9.17, 15) is 9.59 Å². The fourth-order valence-electron chi connectivity index (χ4n) is 2.21. The molecule has 1 amide bonds. The van der Waals surface area contributed by atoms with Gasteiger partial charge >= 0.3 is 0 Å². The maximum Gasteiger partial charge on any atom is 0.220 e. The second-order valence-electron chi connectivity index (χ2n) is 4.21. The zero-order chi connectivity index (χ0) is 11.5. The van der Waals surface area contributed by atoms with E-state index in [4.69, 9.17) is 0 Å². The first-order valence-electron chi connectivity index (χ1n) is 5.53. The van der Waals surface area contributed by atoms with Crippen molar-refractivity contribution in [3.8, 4) is 0 Å². The lowest BCUT2D eigenvalue weighted by atomic mass is 9.83. The largest absolute Gasteiger partial charge is 0.349 e. The van der Waals surface area contributed by atoms with Crippen LogP contribution >= 0.6 is 0 Å². The molecule has 3 heteroatoms. The van der Waals surface area contributed by atoms with Gasteiger partial charge in [0.2, 0.25) is 5.91 Å². The fourth-order valence-corrected chi connectivity index (χ4v) is 2.21. The first-order chi connectivity index (χ1) is 7.68. The van der Waals surface area contributed by atoms with E-state index in [1.54, 1.807) is 6.92 Å². The van der Waals surface area contributed by atoms with E-state index in [0.29, 0.717) is 12.8 Å². The van der Waals surface area contributed by atoms with Gasteiger partial charge in [0.1, 0.15) is 5.78 Å². The lowest BCUT2D eigenvalue weighted by Crippen LogP contribution is -2.41. The molecule has 1 unspecified atom stereocenters. The van der Waals surface area contributed by atoms with Crippen molar-refractivity contribution in [3.05, 3.63) is 35.9 Å². The van der Waals surface area contributed by atoms with Gasteiger partial charge in [-0.1, -0.05) is 30.3 Å². The van der Waals surface area contributed by atoms with E-state index in [0.717, 1.165) is 5.56 Å². The van der Waals surface area contributed by atoms with Crippen LogP contribution in [-0.4, -0.2) is 11.7 Å². The molecule has 1 heterocycles. The molecule has 2 atom stereocenters. The Bertz CT molecular complexity index is 400. The third kappa shape index (κ3) is 2.13. The van der Waals surface area contributed by atoms with Crippen molar-refractivity contribution in [2.24, 2.45) is 5.92 Å². The highest BCUT2D eigenvalue weighted by atomic mass is 16.2. The normalized spacial score (nSPS) is 24.9. The summed E-state index contributed by atoms with van der Waals surface area (Å²) < 4.78 is 0. The molecule has 1 aliphatic rings. The number of carbonyl (C=O) groups is 2. The first kappa shape index (κ1) is 10.9. The number of ketones is 1. The minimum atomic E-state index is -0.153. The smallest absolute Gasteiger partial charge is 0.220 e. The van der Waals surface area contributed by atoms with Gasteiger partial charge in [-0.3, -0.25) is 9.59 Å². The van der Waals surface area contributed by atoms with Crippen LogP contribution in [0.4, 0.5) is 0 Å². The van der Waals surface area contributed by atoms with Crippen LogP contribution in [0.5, 0.6) is 0 Å². The van der Waals surface area contributed by atoms with Gasteiger partial charge in [-0.25, -0.2) is 0 Å². The number of benzene rings is 1. The van der Waals surface area contributed by atoms with E-state index in [1.165, 1.54) is 0 Å². The number of Topliss-reactive ketones (excluding diaryl/α,β-unsaturated/α-hetero) is 1. The fraction of sp³-hybridized carbons (Fsp3) is 0.385. The average Bonchev–Trinajstić information content (AvgIpc) is 2.29. The van der Waals surface area contributed by atoms with Crippen LogP contribution in [0, 0.1) is 5.92 Å². The number of rotatable bonds is 2. The van der Waals surface area contributed by atoms with Crippen molar-refractivity contribution in [2.75, 3.05) is 0 Å². The number of nitrogens with one attached hydrogen (secondary N) is 1. The number of carbonyl (C=O) groups excluding carboxylic acids is 2. The summed E-state index contributed by atoms with van der Waals surface area (Å²) in [6.45, 7) is 1.60. The Morgan fingerprint density at radius 3 is 2.62 bits per heavy atom. The van der Waals surface area contributed by atoms with Gasteiger partial charge in [0.15, 0.2) is 0 Å². The lowest BCUT2D eigenvalue weighted by molar-refractivity contribution is -0.128. The minimum Gasteiger partial charge on any atom is -0.349 e. The summed E-state index contributed by atoms with van der Waals surface area (Å²) in [6, 6.07) is 9.52. The number of piperidine rings is 1. The third-order valence-corrected chi connectivity index (χ3v) is 3.08. The molecule has 1 saturated heterocycles. The van der Waals surface area contributed by atoms with Crippen LogP contribution in [0.2, 0.25) is 0 Å². The van der Waals surface area contributed by atoms with Crippen LogP contribution < -0.4 is 5.32 Å². The molecule has 1 N–H and O–H groups in total. The molecular formula is C13H15NO2. The van der Waals surface area contributed by atoms with Crippen LogP contribution in [0.1, 0.15) is 31.4 Å². The molecule has 1 aromatic carbocycles. The van der Waals surface area contributed by atoms with Gasteiger partial charge in [-0.15, -0.1) is 0 Å². The zero-order valence-electron chi connectivity index (χ0n) is 9.27. The summed E-state index contributed by atoms with van der Waals surface area (Å²) >= 11 is 0. The summed E-state index contributed by atoms with van der Waals surface area (Å²) in [5, 5.41) is 2.90. The number of hydrogen-bond acceptors (Lipinski definition) is 2. The molecule has 0 aliphatic carbocycles. The molecule has 3 nitrogen and oxygen atoms in total. The van der Waals surface area contributed by atoms with Crippen LogP contribution in [0.15, 0.2) is 30.3 Å². The Hall–Kier alpha value is -1.64. The Morgan fingerprint density at radius 2 is 2.00 bits per heavy atom. The second-order valence-corrected chi connectivity index (χ2v) is 4.21. The van der Waals surface area contributed by atoms with Crippen molar-refractivity contribution in [1.29, 1.82) is 0 Å². The van der Waals surface area contributed by atoms with Crippen molar-refractivity contribution >= 4 is 11.7 Å². The topological polar surface area (TPSA) is 46.2 Å². The van der Waals surface area contributed by atoms with Gasteiger partial charge in [-0.05, 0) is 18.9 Å². The maximum absolute atomic E-state index is 11.5. The molecule has 0 aromatic heterocycles. The first-order valence-corrected chi connectivity index (χ1v) is 5.53. The van der Waals surface area contributed by atoms with Crippen molar-refractivity contribution in [3.63, 3.8) is 0 Å². The highest BCUT2D eigenvalue weighted by Gasteiger charge is 2.32. The zero-order valence-corrected chi connectivity index (χ0v) is 9.27. The van der Waals surface area contributed by atoms with Crippen LogP contribution in [0.25, 0.3) is 0 Å². The summed E-state index contributed by atoms with van der Waals surface area (Å²) in [4.78, 5) is 22.9. The third-order valence-electron chi connectivity index (χ3n) is 3.08. The van der Waals surface area contributed by atoms with E-state index in [-0.39, 0.29) is 23.7 Å². The molecule has 1 aromatic rings. The SMILES string of the molecule is CC(=O)C1CCC(=O)N[C@H]1c1ccccc1. The van der Waals surface area contributed by atoms with Gasteiger partial charge < -0.3 is 5.32 Å². The Labute approximate surface area is 94.9 Å². The van der Waals surface area contributed by atoms with Crippen LogP contribution in [0.3, 0.4) is 0 Å². The van der Waals surface area contributed by atoms with Crippen molar-refractivity contribution < 1.29 is 9.59 Å². The van der Waals surface area contributed by atoms with Gasteiger partial charge in [-0.2, -0.15) is 0 Å². The molecule has 1 fully saturated rings. The lowest BCUT2D eigenvalue weighted by Gasteiger charge is -2.30. The predicted octanol–water partition coefficient (Wildman–Crippen LogP) is 1.84. The molecule has 16 heavy (non-hydrogen) atoms. The van der Waals surface area contributed by atoms with Gasteiger partial charge in [0, 0.05) is 12.3 Å². The Balaban J connectivity index is 2.27.